The number of amides is 2. The first kappa shape index (κ1) is 23.9. The highest BCUT2D eigenvalue weighted by molar-refractivity contribution is 7.22. The zero-order valence-corrected chi connectivity index (χ0v) is 20.3. The quantitative estimate of drug-likeness (QED) is 0.368. The van der Waals surface area contributed by atoms with E-state index in [1.54, 1.807) is 19.3 Å². The second kappa shape index (κ2) is 10.1. The Hall–Kier alpha value is -3.77. The third-order valence-electron chi connectivity index (χ3n) is 5.95. The van der Waals surface area contributed by atoms with E-state index in [-0.39, 0.29) is 27.9 Å². The Morgan fingerprint density at radius 1 is 1.19 bits per heavy atom. The fourth-order valence-corrected chi connectivity index (χ4v) is 5.07. The van der Waals surface area contributed by atoms with Gasteiger partial charge < -0.3 is 16.0 Å². The lowest BCUT2D eigenvalue weighted by atomic mass is 10.0. The van der Waals surface area contributed by atoms with Crippen molar-refractivity contribution in [3.05, 3.63) is 48.4 Å². The van der Waals surface area contributed by atoms with Gasteiger partial charge >= 0.3 is 6.03 Å². The molecular weight excluding hydrogens is 486 g/mol. The van der Waals surface area contributed by atoms with Gasteiger partial charge in [-0.25, -0.2) is 28.5 Å². The van der Waals surface area contributed by atoms with Crippen molar-refractivity contribution in [3.8, 4) is 22.4 Å². The van der Waals surface area contributed by atoms with Crippen molar-refractivity contribution < 1.29 is 13.6 Å². The second-order valence-electron chi connectivity index (χ2n) is 8.40. The zero-order chi connectivity index (χ0) is 25.2. The topological polar surface area (TPSA) is 122 Å². The minimum absolute atomic E-state index is 0.00144. The van der Waals surface area contributed by atoms with E-state index in [0.717, 1.165) is 37.3 Å². The summed E-state index contributed by atoms with van der Waals surface area (Å²) in [5.41, 5.74) is 6.96. The van der Waals surface area contributed by atoms with Crippen LogP contribution in [-0.4, -0.2) is 51.6 Å². The highest BCUT2D eigenvalue weighted by Gasteiger charge is 2.23. The van der Waals surface area contributed by atoms with E-state index in [9.17, 15) is 9.18 Å². The lowest BCUT2D eigenvalue weighted by molar-refractivity contribution is 0.252. The van der Waals surface area contributed by atoms with Crippen LogP contribution in [0.3, 0.4) is 0 Å². The van der Waals surface area contributed by atoms with Crippen molar-refractivity contribution in [3.63, 3.8) is 0 Å². The van der Waals surface area contributed by atoms with E-state index in [2.05, 4.69) is 30.6 Å². The summed E-state index contributed by atoms with van der Waals surface area (Å²) < 4.78 is 30.9. The molecule has 186 valence electrons. The number of hydrogen-bond acceptors (Lipinski definition) is 8. The van der Waals surface area contributed by atoms with Crippen LogP contribution in [0.15, 0.2) is 36.8 Å². The Balaban J connectivity index is 1.59. The largest absolute Gasteiger partial charge is 0.341 e. The molecule has 12 heteroatoms. The Morgan fingerprint density at radius 3 is 2.64 bits per heavy atom. The molecule has 1 saturated heterocycles. The predicted molar refractivity (Wildman–Crippen MR) is 136 cm³/mol. The molecule has 0 radical (unpaired) electrons. The van der Waals surface area contributed by atoms with Gasteiger partial charge in [-0.2, -0.15) is 0 Å². The van der Waals surface area contributed by atoms with Crippen molar-refractivity contribution in [1.29, 1.82) is 0 Å². The number of pyridine rings is 1. The number of rotatable bonds is 5. The molecule has 0 saturated carbocycles. The number of fused-ring (bicyclic) bond motifs is 1. The van der Waals surface area contributed by atoms with Crippen LogP contribution in [0.25, 0.3) is 32.6 Å². The zero-order valence-electron chi connectivity index (χ0n) is 19.5. The van der Waals surface area contributed by atoms with E-state index < -0.39 is 17.7 Å². The molecule has 1 aliphatic rings. The summed E-state index contributed by atoms with van der Waals surface area (Å²) in [6, 6.07) is 4.00. The van der Waals surface area contributed by atoms with E-state index in [4.69, 9.17) is 5.73 Å². The summed E-state index contributed by atoms with van der Waals surface area (Å²) in [5, 5.41) is 5.38. The van der Waals surface area contributed by atoms with Gasteiger partial charge in [-0.05, 0) is 38.0 Å². The molecule has 36 heavy (non-hydrogen) atoms. The SMILES string of the molecule is CCNC(=O)Nc1nc2c(F)c(-c3cnc(N4CCC(N)CC4)nc3)cc(-c3ncccc3F)c2s1. The number of nitrogens with one attached hydrogen (secondary N) is 2. The van der Waals surface area contributed by atoms with E-state index in [1.165, 1.54) is 24.4 Å². The first-order valence-corrected chi connectivity index (χ1v) is 12.4. The Kier molecular flexibility index (Phi) is 6.70. The summed E-state index contributed by atoms with van der Waals surface area (Å²) in [7, 11) is 0. The minimum Gasteiger partial charge on any atom is -0.341 e. The van der Waals surface area contributed by atoms with Gasteiger partial charge in [0, 0.05) is 61.0 Å². The van der Waals surface area contributed by atoms with Crippen molar-refractivity contribution in [2.24, 2.45) is 5.73 Å². The highest BCUT2D eigenvalue weighted by atomic mass is 32.1. The van der Waals surface area contributed by atoms with Gasteiger partial charge in [-0.1, -0.05) is 11.3 Å². The maximum atomic E-state index is 15.8. The van der Waals surface area contributed by atoms with Gasteiger partial charge in [0.15, 0.2) is 10.9 Å². The molecule has 0 spiro atoms. The van der Waals surface area contributed by atoms with Crippen molar-refractivity contribution >= 4 is 38.7 Å². The monoisotopic (exact) mass is 510 g/mol. The summed E-state index contributed by atoms with van der Waals surface area (Å²) >= 11 is 1.04. The molecule has 0 atom stereocenters. The number of nitrogens with zero attached hydrogens (tertiary/aromatic N) is 5. The number of nitrogens with two attached hydrogens (primary N) is 1. The molecular formula is C24H24F2N8OS. The third-order valence-corrected chi connectivity index (χ3v) is 6.95. The Labute approximate surface area is 209 Å². The fourth-order valence-electron chi connectivity index (χ4n) is 4.10. The molecule has 4 N–H and O–H groups in total. The van der Waals surface area contributed by atoms with Crippen LogP contribution in [0.5, 0.6) is 0 Å². The number of carbonyl (C=O) groups excluding carboxylic acids is 1. The van der Waals surface area contributed by atoms with Crippen LogP contribution in [-0.2, 0) is 0 Å². The van der Waals surface area contributed by atoms with Crippen LogP contribution in [0.2, 0.25) is 0 Å². The van der Waals surface area contributed by atoms with Crippen molar-refractivity contribution in [2.75, 3.05) is 29.9 Å². The maximum Gasteiger partial charge on any atom is 0.321 e. The number of benzene rings is 1. The molecule has 0 bridgehead atoms. The smallest absolute Gasteiger partial charge is 0.321 e. The molecule has 3 aromatic heterocycles. The number of carbonyl (C=O) groups is 1. The number of aromatic nitrogens is 4. The van der Waals surface area contributed by atoms with Crippen molar-refractivity contribution in [2.45, 2.75) is 25.8 Å². The number of urea groups is 1. The van der Waals surface area contributed by atoms with Gasteiger partial charge in [0.2, 0.25) is 5.95 Å². The normalized spacial score (nSPS) is 14.3. The van der Waals surface area contributed by atoms with E-state index >= 15 is 4.39 Å². The molecule has 1 aromatic carbocycles. The lowest BCUT2D eigenvalue weighted by Gasteiger charge is -2.30. The standard InChI is InChI=1S/C24H24F2N8OS/c1-2-28-23(35)33-24-32-20-18(26)15(10-16(21(20)36-24)19-17(25)4-3-7-29-19)13-11-30-22(31-12-13)34-8-5-14(27)6-9-34/h3-4,7,10-12,14H,2,5-6,8-9,27H2,1H3,(H2,28,32,33,35). The van der Waals surface area contributed by atoms with Crippen LogP contribution in [0.1, 0.15) is 19.8 Å². The number of hydrogen-bond donors (Lipinski definition) is 3. The van der Waals surface area contributed by atoms with Crippen LogP contribution < -0.4 is 21.3 Å². The maximum absolute atomic E-state index is 15.8. The molecule has 2 amide bonds. The number of piperidine rings is 1. The Bertz CT molecular complexity index is 1400. The van der Waals surface area contributed by atoms with Gasteiger partial charge in [0.1, 0.15) is 17.0 Å². The van der Waals surface area contributed by atoms with E-state index in [0.29, 0.717) is 28.3 Å². The summed E-state index contributed by atoms with van der Waals surface area (Å²) in [4.78, 5) is 31.4. The second-order valence-corrected chi connectivity index (χ2v) is 9.40. The first-order chi connectivity index (χ1) is 17.4. The average molecular weight is 511 g/mol. The van der Waals surface area contributed by atoms with Gasteiger partial charge in [-0.15, -0.1) is 0 Å². The lowest BCUT2D eigenvalue weighted by Crippen LogP contribution is -2.40. The molecule has 0 unspecified atom stereocenters. The minimum atomic E-state index is -0.620. The average Bonchev–Trinajstić information content (AvgIpc) is 3.30. The molecule has 5 rings (SSSR count). The Morgan fingerprint density at radius 2 is 1.94 bits per heavy atom. The summed E-state index contributed by atoms with van der Waals surface area (Å²) in [6.45, 7) is 3.70. The van der Waals surface area contributed by atoms with E-state index in [1.807, 2.05) is 4.90 Å². The third kappa shape index (κ3) is 4.69. The first-order valence-electron chi connectivity index (χ1n) is 11.6. The highest BCUT2D eigenvalue weighted by Crippen LogP contribution is 2.41. The molecule has 1 aliphatic heterocycles. The molecule has 4 heterocycles. The fraction of sp³-hybridized carbons (Fsp3) is 0.292. The molecule has 4 aromatic rings. The van der Waals surface area contributed by atoms with Crippen LogP contribution in [0.4, 0.5) is 24.7 Å². The summed E-state index contributed by atoms with van der Waals surface area (Å²) in [6.07, 6.45) is 6.25. The number of thiazole rings is 1. The summed E-state index contributed by atoms with van der Waals surface area (Å²) in [5.74, 6) is -0.631. The molecule has 0 aliphatic carbocycles. The predicted octanol–water partition coefficient (Wildman–Crippen LogP) is 4.16. The number of anilines is 2. The van der Waals surface area contributed by atoms with Crippen molar-refractivity contribution in [1.82, 2.24) is 25.3 Å². The molecule has 1 fully saturated rings. The van der Waals surface area contributed by atoms with Gasteiger partial charge in [0.25, 0.3) is 0 Å². The number of halogens is 2. The van der Waals surface area contributed by atoms with Crippen LogP contribution in [0, 0.1) is 11.6 Å². The molecule has 9 nitrogen and oxygen atoms in total. The van der Waals surface area contributed by atoms with Gasteiger partial charge in [-0.3, -0.25) is 10.3 Å². The van der Waals surface area contributed by atoms with Crippen LogP contribution >= 0.6 is 11.3 Å². The van der Waals surface area contributed by atoms with Gasteiger partial charge in [0.05, 0.1) is 4.70 Å².